The van der Waals surface area contributed by atoms with Crippen LogP contribution in [0.4, 0.5) is 0 Å². The predicted molar refractivity (Wildman–Crippen MR) is 95.5 cm³/mol. The normalized spacial score (nSPS) is 33.6. The zero-order chi connectivity index (χ0) is 15.7. The van der Waals surface area contributed by atoms with Gasteiger partial charge >= 0.3 is 0 Å². The lowest BCUT2D eigenvalue weighted by Gasteiger charge is -2.40. The molecule has 1 aromatic carbocycles. The molecule has 2 aliphatic heterocycles. The van der Waals surface area contributed by atoms with Crippen LogP contribution in [0.3, 0.4) is 0 Å². The summed E-state index contributed by atoms with van der Waals surface area (Å²) in [5.74, 6) is 3.43. The maximum absolute atomic E-state index is 6.17. The molecule has 0 amide bonds. The molecule has 0 radical (unpaired) electrons. The van der Waals surface area contributed by atoms with Gasteiger partial charge in [-0.05, 0) is 67.5 Å². The molecule has 4 rings (SSSR count). The van der Waals surface area contributed by atoms with Crippen molar-refractivity contribution in [3.63, 3.8) is 0 Å². The molecule has 4 heteroatoms. The Kier molecular flexibility index (Phi) is 4.57. The number of hydrogen-bond donors (Lipinski definition) is 1. The van der Waals surface area contributed by atoms with E-state index >= 15 is 0 Å². The van der Waals surface area contributed by atoms with Gasteiger partial charge in [0.15, 0.2) is 0 Å². The van der Waals surface area contributed by atoms with Gasteiger partial charge in [-0.15, -0.1) is 0 Å². The summed E-state index contributed by atoms with van der Waals surface area (Å²) in [5, 5.41) is 3.97. The zero-order valence-electron chi connectivity index (χ0n) is 14.0. The second-order valence-corrected chi connectivity index (χ2v) is 8.31. The average Bonchev–Trinajstić information content (AvgIpc) is 3.02. The first-order chi connectivity index (χ1) is 11.3. The van der Waals surface area contributed by atoms with Crippen LogP contribution in [0.5, 0.6) is 5.75 Å². The molecule has 2 heterocycles. The van der Waals surface area contributed by atoms with Gasteiger partial charge < -0.3 is 14.8 Å². The second-order valence-electron chi connectivity index (χ2n) is 7.20. The smallest absolute Gasteiger partial charge is 0.119 e. The van der Waals surface area contributed by atoms with E-state index < -0.39 is 0 Å². The van der Waals surface area contributed by atoms with Gasteiger partial charge in [-0.1, -0.05) is 6.07 Å². The molecule has 1 spiro atoms. The molecule has 0 saturated carbocycles. The fraction of sp³-hybridized carbons (Fsp3) is 0.684. The lowest BCUT2D eigenvalue weighted by molar-refractivity contribution is -0.0716. The molecular weight excluding hydrogens is 306 g/mol. The molecule has 0 aromatic heterocycles. The van der Waals surface area contributed by atoms with Crippen LogP contribution in [0.1, 0.15) is 49.3 Å². The van der Waals surface area contributed by atoms with Crippen molar-refractivity contribution >= 4 is 11.8 Å². The minimum absolute atomic E-state index is 0.165. The van der Waals surface area contributed by atoms with E-state index in [-0.39, 0.29) is 5.60 Å². The molecule has 3 aliphatic rings. The Morgan fingerprint density at radius 2 is 2.30 bits per heavy atom. The van der Waals surface area contributed by atoms with Gasteiger partial charge in [0, 0.05) is 24.4 Å². The van der Waals surface area contributed by atoms with E-state index in [4.69, 9.17) is 9.47 Å². The fourth-order valence-electron chi connectivity index (χ4n) is 4.41. The quantitative estimate of drug-likeness (QED) is 0.913. The summed E-state index contributed by atoms with van der Waals surface area (Å²) in [6.07, 6.45) is 7.25. The lowest BCUT2D eigenvalue weighted by atomic mass is 9.85. The molecule has 1 aromatic rings. The van der Waals surface area contributed by atoms with Crippen LogP contribution < -0.4 is 10.1 Å². The molecule has 3 atom stereocenters. The Bertz CT molecular complexity index is 556. The van der Waals surface area contributed by atoms with E-state index in [0.717, 1.165) is 18.8 Å². The van der Waals surface area contributed by atoms with Gasteiger partial charge in [-0.25, -0.2) is 0 Å². The van der Waals surface area contributed by atoms with E-state index in [2.05, 4.69) is 35.3 Å². The molecule has 0 bridgehead atoms. The number of hydrogen-bond acceptors (Lipinski definition) is 4. The van der Waals surface area contributed by atoms with Crippen LogP contribution in [-0.2, 0) is 11.2 Å². The van der Waals surface area contributed by atoms with Crippen molar-refractivity contribution in [2.24, 2.45) is 0 Å². The molecule has 126 valence electrons. The van der Waals surface area contributed by atoms with Crippen molar-refractivity contribution in [2.45, 2.75) is 56.2 Å². The topological polar surface area (TPSA) is 30.5 Å². The molecule has 2 fully saturated rings. The van der Waals surface area contributed by atoms with E-state index in [1.54, 1.807) is 7.11 Å². The standard InChI is InChI=1S/C19H27NO2S/c1-21-16-5-6-17-14(11-16)3-2-4-18(17)20-15-7-9-22-19(12-15)8-10-23-13-19/h5-6,11,15,18,20H,2-4,7-10,12-13H2,1H3. The summed E-state index contributed by atoms with van der Waals surface area (Å²) in [6, 6.07) is 7.70. The van der Waals surface area contributed by atoms with Crippen molar-refractivity contribution in [2.75, 3.05) is 25.2 Å². The first kappa shape index (κ1) is 15.8. The monoisotopic (exact) mass is 333 g/mol. The Hall–Kier alpha value is -0.710. The first-order valence-electron chi connectivity index (χ1n) is 8.93. The predicted octanol–water partition coefficient (Wildman–Crippen LogP) is 3.72. The number of aryl methyl sites for hydroxylation is 1. The van der Waals surface area contributed by atoms with Crippen LogP contribution >= 0.6 is 11.8 Å². The Morgan fingerprint density at radius 1 is 1.35 bits per heavy atom. The molecule has 3 nitrogen and oxygen atoms in total. The molecular formula is C19H27NO2S. The minimum Gasteiger partial charge on any atom is -0.497 e. The first-order valence-corrected chi connectivity index (χ1v) is 10.1. The van der Waals surface area contributed by atoms with Crippen molar-refractivity contribution in [3.8, 4) is 5.75 Å². The van der Waals surface area contributed by atoms with Crippen molar-refractivity contribution < 1.29 is 9.47 Å². The second kappa shape index (κ2) is 6.66. The minimum atomic E-state index is 0.165. The fourth-order valence-corrected chi connectivity index (χ4v) is 5.79. The SMILES string of the molecule is COc1ccc2c(c1)CCCC2NC1CCOC2(CCSC2)C1. The third-order valence-electron chi connectivity index (χ3n) is 5.66. The number of rotatable bonds is 3. The van der Waals surface area contributed by atoms with E-state index in [1.165, 1.54) is 54.7 Å². The summed E-state index contributed by atoms with van der Waals surface area (Å²) < 4.78 is 11.6. The molecule has 23 heavy (non-hydrogen) atoms. The van der Waals surface area contributed by atoms with Crippen LogP contribution in [0.2, 0.25) is 0 Å². The highest BCUT2D eigenvalue weighted by Gasteiger charge is 2.41. The summed E-state index contributed by atoms with van der Waals surface area (Å²) in [7, 11) is 1.75. The molecule has 3 unspecified atom stereocenters. The van der Waals surface area contributed by atoms with Crippen LogP contribution in [0, 0.1) is 0 Å². The van der Waals surface area contributed by atoms with E-state index in [0.29, 0.717) is 12.1 Å². The maximum atomic E-state index is 6.17. The van der Waals surface area contributed by atoms with Crippen molar-refractivity contribution in [1.29, 1.82) is 0 Å². The average molecular weight is 333 g/mol. The Balaban J connectivity index is 1.47. The van der Waals surface area contributed by atoms with Gasteiger partial charge in [0.25, 0.3) is 0 Å². The van der Waals surface area contributed by atoms with Gasteiger partial charge in [0.2, 0.25) is 0 Å². The summed E-state index contributed by atoms with van der Waals surface area (Å²) in [5.41, 5.74) is 3.11. The number of ether oxygens (including phenoxy) is 2. The highest BCUT2D eigenvalue weighted by Crippen LogP contribution is 2.40. The molecule has 2 saturated heterocycles. The Morgan fingerprint density at radius 3 is 3.13 bits per heavy atom. The molecule has 1 N–H and O–H groups in total. The van der Waals surface area contributed by atoms with E-state index in [1.807, 2.05) is 0 Å². The highest BCUT2D eigenvalue weighted by molar-refractivity contribution is 7.99. The highest BCUT2D eigenvalue weighted by atomic mass is 32.2. The molecule has 1 aliphatic carbocycles. The maximum Gasteiger partial charge on any atom is 0.119 e. The van der Waals surface area contributed by atoms with Crippen LogP contribution in [0.15, 0.2) is 18.2 Å². The number of thioether (sulfide) groups is 1. The third kappa shape index (κ3) is 3.26. The van der Waals surface area contributed by atoms with Crippen LogP contribution in [0.25, 0.3) is 0 Å². The summed E-state index contributed by atoms with van der Waals surface area (Å²) >= 11 is 2.05. The van der Waals surface area contributed by atoms with Crippen molar-refractivity contribution in [3.05, 3.63) is 29.3 Å². The lowest BCUT2D eigenvalue weighted by Crippen LogP contribution is -2.48. The van der Waals surface area contributed by atoms with Crippen LogP contribution in [-0.4, -0.2) is 36.9 Å². The number of benzene rings is 1. The van der Waals surface area contributed by atoms with E-state index in [9.17, 15) is 0 Å². The number of fused-ring (bicyclic) bond motifs is 1. The van der Waals surface area contributed by atoms with Gasteiger partial charge in [-0.2, -0.15) is 11.8 Å². The largest absolute Gasteiger partial charge is 0.497 e. The van der Waals surface area contributed by atoms with Gasteiger partial charge in [0.1, 0.15) is 5.75 Å². The zero-order valence-corrected chi connectivity index (χ0v) is 14.8. The number of nitrogens with one attached hydrogen (secondary N) is 1. The third-order valence-corrected chi connectivity index (χ3v) is 6.88. The number of methoxy groups -OCH3 is 1. The Labute approximate surface area is 143 Å². The summed E-state index contributed by atoms with van der Waals surface area (Å²) in [6.45, 7) is 0.917. The van der Waals surface area contributed by atoms with Gasteiger partial charge in [-0.3, -0.25) is 0 Å². The van der Waals surface area contributed by atoms with Crippen molar-refractivity contribution in [1.82, 2.24) is 5.32 Å². The summed E-state index contributed by atoms with van der Waals surface area (Å²) in [4.78, 5) is 0. The van der Waals surface area contributed by atoms with Gasteiger partial charge in [0.05, 0.1) is 12.7 Å².